The minimum Gasteiger partial charge on any atom is -0.338 e. The maximum Gasteiger partial charge on any atom is 0.266 e. The van der Waals surface area contributed by atoms with Crippen LogP contribution in [0.2, 0.25) is 0 Å². The van der Waals surface area contributed by atoms with E-state index in [9.17, 15) is 0 Å². The molecule has 2 fully saturated rings. The molecule has 5 nitrogen and oxygen atoms in total. The summed E-state index contributed by atoms with van der Waals surface area (Å²) in [6, 6.07) is 0. The maximum absolute atomic E-state index is 5.83. The molecule has 1 aromatic heterocycles. The number of hydrogen-bond donors (Lipinski definition) is 1. The van der Waals surface area contributed by atoms with Gasteiger partial charge < -0.3 is 15.2 Å². The molecule has 2 atom stereocenters. The van der Waals surface area contributed by atoms with Gasteiger partial charge in [0.2, 0.25) is 5.89 Å². The van der Waals surface area contributed by atoms with Gasteiger partial charge in [-0.25, -0.2) is 0 Å². The average molecular weight is 264 g/mol. The summed E-state index contributed by atoms with van der Waals surface area (Å²) in [7, 11) is 0. The van der Waals surface area contributed by atoms with E-state index in [-0.39, 0.29) is 0 Å². The number of anilines is 1. The van der Waals surface area contributed by atoms with E-state index in [0.29, 0.717) is 11.8 Å². The molecular weight excluding hydrogens is 240 g/mol. The summed E-state index contributed by atoms with van der Waals surface area (Å²) in [5.74, 6) is 2.52. The predicted molar refractivity (Wildman–Crippen MR) is 74.1 cm³/mol. The summed E-state index contributed by atoms with van der Waals surface area (Å²) >= 11 is 0. The number of aromatic nitrogens is 2. The zero-order chi connectivity index (χ0) is 13.1. The largest absolute Gasteiger partial charge is 0.338 e. The van der Waals surface area contributed by atoms with Gasteiger partial charge in [0.15, 0.2) is 0 Å². The Morgan fingerprint density at radius 2 is 1.89 bits per heavy atom. The second kappa shape index (κ2) is 5.90. The molecular formula is C14H24N4O. The monoisotopic (exact) mass is 264 g/mol. The molecule has 1 aliphatic heterocycles. The fourth-order valence-electron chi connectivity index (χ4n) is 3.42. The zero-order valence-corrected chi connectivity index (χ0v) is 11.6. The molecule has 3 rings (SSSR count). The van der Waals surface area contributed by atoms with Gasteiger partial charge >= 0.3 is 0 Å². The molecule has 1 aliphatic carbocycles. The highest BCUT2D eigenvalue weighted by Gasteiger charge is 2.32. The molecule has 2 aliphatic rings. The van der Waals surface area contributed by atoms with Gasteiger partial charge in [0.25, 0.3) is 5.95 Å². The van der Waals surface area contributed by atoms with Crippen molar-refractivity contribution in [3.8, 4) is 0 Å². The molecule has 0 bridgehead atoms. The first kappa shape index (κ1) is 12.9. The van der Waals surface area contributed by atoms with Crippen LogP contribution < -0.4 is 10.6 Å². The molecule has 106 valence electrons. The Morgan fingerprint density at radius 1 is 1.11 bits per heavy atom. The molecule has 0 aromatic carbocycles. The highest BCUT2D eigenvalue weighted by atomic mass is 16.5. The summed E-state index contributed by atoms with van der Waals surface area (Å²) in [6.07, 6.45) is 8.68. The second-order valence-corrected chi connectivity index (χ2v) is 5.87. The van der Waals surface area contributed by atoms with E-state index in [0.717, 1.165) is 37.9 Å². The van der Waals surface area contributed by atoms with Crippen LogP contribution in [0.1, 0.15) is 56.8 Å². The quantitative estimate of drug-likeness (QED) is 0.907. The molecule has 0 amide bonds. The van der Waals surface area contributed by atoms with Crippen LogP contribution in [0, 0.1) is 5.92 Å². The van der Waals surface area contributed by atoms with Gasteiger partial charge in [-0.1, -0.05) is 19.3 Å². The number of nitrogens with two attached hydrogens (primary N) is 1. The smallest absolute Gasteiger partial charge is 0.266 e. The summed E-state index contributed by atoms with van der Waals surface area (Å²) in [5.41, 5.74) is 5.83. The minimum atomic E-state index is 0.387. The van der Waals surface area contributed by atoms with Gasteiger partial charge in [-0.05, 0) is 43.3 Å². The molecule has 5 heteroatoms. The average Bonchev–Trinajstić information content (AvgIpc) is 3.01. The zero-order valence-electron chi connectivity index (χ0n) is 11.6. The molecule has 19 heavy (non-hydrogen) atoms. The SMILES string of the molecule is NCC1CCCC1c1nc(N2CCCCCC2)no1. The fourth-order valence-corrected chi connectivity index (χ4v) is 3.42. The van der Waals surface area contributed by atoms with Gasteiger partial charge in [-0.15, -0.1) is 0 Å². The second-order valence-electron chi connectivity index (χ2n) is 5.87. The maximum atomic E-state index is 5.83. The third-order valence-electron chi connectivity index (χ3n) is 4.60. The van der Waals surface area contributed by atoms with Crippen LogP contribution in [-0.4, -0.2) is 29.8 Å². The van der Waals surface area contributed by atoms with Crippen molar-refractivity contribution in [2.24, 2.45) is 11.7 Å². The van der Waals surface area contributed by atoms with E-state index < -0.39 is 0 Å². The Morgan fingerprint density at radius 3 is 2.63 bits per heavy atom. The van der Waals surface area contributed by atoms with Gasteiger partial charge in [0.1, 0.15) is 0 Å². The highest BCUT2D eigenvalue weighted by molar-refractivity contribution is 5.28. The van der Waals surface area contributed by atoms with Gasteiger partial charge in [-0.3, -0.25) is 0 Å². The summed E-state index contributed by atoms with van der Waals surface area (Å²) in [4.78, 5) is 6.92. The first-order chi connectivity index (χ1) is 9.38. The van der Waals surface area contributed by atoms with Crippen LogP contribution in [0.5, 0.6) is 0 Å². The molecule has 0 spiro atoms. The molecule has 1 aromatic rings. The summed E-state index contributed by atoms with van der Waals surface area (Å²) < 4.78 is 5.52. The molecule has 0 radical (unpaired) electrons. The van der Waals surface area contributed by atoms with Gasteiger partial charge in [0, 0.05) is 19.0 Å². The standard InChI is InChI=1S/C14H24N4O/c15-10-11-6-5-7-12(11)13-16-14(17-19-13)18-8-3-1-2-4-9-18/h11-12H,1-10,15H2. The molecule has 2 unspecified atom stereocenters. The fraction of sp³-hybridized carbons (Fsp3) is 0.857. The number of rotatable bonds is 3. The Hall–Kier alpha value is -1.10. The third kappa shape index (κ3) is 2.76. The Labute approximate surface area is 114 Å². The first-order valence-electron chi connectivity index (χ1n) is 7.67. The van der Waals surface area contributed by atoms with Crippen molar-refractivity contribution in [1.82, 2.24) is 10.1 Å². The van der Waals surface area contributed by atoms with Gasteiger partial charge in [-0.2, -0.15) is 4.98 Å². The highest BCUT2D eigenvalue weighted by Crippen LogP contribution is 2.38. The number of hydrogen-bond acceptors (Lipinski definition) is 5. The summed E-state index contributed by atoms with van der Waals surface area (Å²) in [6.45, 7) is 2.85. The first-order valence-corrected chi connectivity index (χ1v) is 7.67. The Bertz CT molecular complexity index is 398. The third-order valence-corrected chi connectivity index (χ3v) is 4.60. The van der Waals surface area contributed by atoms with Crippen LogP contribution in [-0.2, 0) is 0 Å². The van der Waals surface area contributed by atoms with Crippen molar-refractivity contribution in [3.05, 3.63) is 5.89 Å². The molecule has 2 heterocycles. The van der Waals surface area contributed by atoms with Crippen LogP contribution >= 0.6 is 0 Å². The number of nitrogens with zero attached hydrogens (tertiary/aromatic N) is 3. The topological polar surface area (TPSA) is 68.2 Å². The van der Waals surface area contributed by atoms with E-state index in [4.69, 9.17) is 10.3 Å². The van der Waals surface area contributed by atoms with Crippen LogP contribution in [0.4, 0.5) is 5.95 Å². The minimum absolute atomic E-state index is 0.387. The Balaban J connectivity index is 1.71. The lowest BCUT2D eigenvalue weighted by Gasteiger charge is -2.17. The van der Waals surface area contributed by atoms with Crippen LogP contribution in [0.15, 0.2) is 4.52 Å². The van der Waals surface area contributed by atoms with Crippen molar-refractivity contribution in [1.29, 1.82) is 0 Å². The molecule has 1 saturated carbocycles. The van der Waals surface area contributed by atoms with Crippen LogP contribution in [0.25, 0.3) is 0 Å². The summed E-state index contributed by atoms with van der Waals surface area (Å²) in [5, 5.41) is 4.19. The molecule has 2 N–H and O–H groups in total. The van der Waals surface area contributed by atoms with Crippen molar-refractivity contribution < 1.29 is 4.52 Å². The van der Waals surface area contributed by atoms with E-state index in [2.05, 4.69) is 15.0 Å². The molecule has 1 saturated heterocycles. The van der Waals surface area contributed by atoms with Gasteiger partial charge in [0.05, 0.1) is 0 Å². The van der Waals surface area contributed by atoms with E-state index in [1.807, 2.05) is 0 Å². The van der Waals surface area contributed by atoms with Crippen molar-refractivity contribution in [2.75, 3.05) is 24.5 Å². The lowest BCUT2D eigenvalue weighted by atomic mass is 9.96. The van der Waals surface area contributed by atoms with E-state index in [1.165, 1.54) is 38.5 Å². The van der Waals surface area contributed by atoms with Crippen LogP contribution in [0.3, 0.4) is 0 Å². The van der Waals surface area contributed by atoms with Crippen molar-refractivity contribution in [3.63, 3.8) is 0 Å². The predicted octanol–water partition coefficient (Wildman–Crippen LogP) is 2.29. The lowest BCUT2D eigenvalue weighted by Crippen LogP contribution is -2.25. The normalized spacial score (nSPS) is 28.6. The van der Waals surface area contributed by atoms with E-state index >= 15 is 0 Å². The van der Waals surface area contributed by atoms with Crippen molar-refractivity contribution >= 4 is 5.95 Å². The van der Waals surface area contributed by atoms with Crippen molar-refractivity contribution in [2.45, 2.75) is 50.9 Å². The lowest BCUT2D eigenvalue weighted by molar-refractivity contribution is 0.325. The van der Waals surface area contributed by atoms with E-state index in [1.54, 1.807) is 0 Å². The Kier molecular flexibility index (Phi) is 4.01.